The quantitative estimate of drug-likeness (QED) is 0.0246. The second-order valence-corrected chi connectivity index (χ2v) is 14.2. The minimum absolute atomic E-state index is 0.117. The summed E-state index contributed by atoms with van der Waals surface area (Å²) in [6.07, 6.45) is 33.7. The maximum absolute atomic E-state index is 12.5. The van der Waals surface area contributed by atoms with Crippen LogP contribution in [0.25, 0.3) is 0 Å². The third kappa shape index (κ3) is 32.9. The van der Waals surface area contributed by atoms with Crippen molar-refractivity contribution in [3.63, 3.8) is 0 Å². The number of hydrogen-bond donors (Lipinski definition) is 3. The number of allylic oxidation sites excluding steroid dienone is 6. The number of carboxylic acid groups (broad SMARTS) is 1. The number of nitrogens with two attached hydrogens (primary N) is 1. The third-order valence-corrected chi connectivity index (χ3v) is 8.81. The molecule has 0 amide bonds. The molecule has 0 aromatic heterocycles. The van der Waals surface area contributed by atoms with Gasteiger partial charge in [-0.1, -0.05) is 115 Å². The van der Waals surface area contributed by atoms with Crippen molar-refractivity contribution in [1.82, 2.24) is 0 Å². The maximum Gasteiger partial charge on any atom is 0.472 e. The molecule has 3 atom stereocenters. The molecule has 0 aromatic carbocycles. The van der Waals surface area contributed by atoms with Crippen molar-refractivity contribution in [2.24, 2.45) is 5.73 Å². The van der Waals surface area contributed by atoms with E-state index in [2.05, 4.69) is 54.8 Å². The lowest BCUT2D eigenvalue weighted by Gasteiger charge is -2.20. The minimum atomic E-state index is -4.72. The number of carbonyl (C=O) groups is 3. The van der Waals surface area contributed by atoms with Gasteiger partial charge in [-0.05, 0) is 64.2 Å². The van der Waals surface area contributed by atoms with Crippen molar-refractivity contribution in [2.75, 3.05) is 19.8 Å². The molecule has 1 unspecified atom stereocenters. The summed E-state index contributed by atoms with van der Waals surface area (Å²) in [5, 5.41) is 8.85. The molecule has 50 heavy (non-hydrogen) atoms. The molecule has 0 saturated heterocycles. The molecule has 0 aromatic rings. The fourth-order valence-electron chi connectivity index (χ4n) is 4.78. The summed E-state index contributed by atoms with van der Waals surface area (Å²) < 4.78 is 32.5. The van der Waals surface area contributed by atoms with Crippen LogP contribution in [0, 0.1) is 0 Å². The normalized spacial score (nSPS) is 14.3. The highest BCUT2D eigenvalue weighted by atomic mass is 31.2. The van der Waals surface area contributed by atoms with Gasteiger partial charge in [0.05, 0.1) is 13.2 Å². The van der Waals surface area contributed by atoms with E-state index in [-0.39, 0.29) is 19.4 Å². The summed E-state index contributed by atoms with van der Waals surface area (Å²) >= 11 is 0. The predicted molar refractivity (Wildman–Crippen MR) is 199 cm³/mol. The minimum Gasteiger partial charge on any atom is -0.480 e. The Kier molecular flexibility index (Phi) is 32.3. The Morgan fingerprint density at radius 1 is 0.620 bits per heavy atom. The van der Waals surface area contributed by atoms with Crippen molar-refractivity contribution in [2.45, 2.75) is 167 Å². The molecule has 0 saturated carbocycles. The Hall–Kier alpha value is -2.30. The number of unbranched alkanes of at least 4 members (excludes halogenated alkanes) is 15. The highest BCUT2D eigenvalue weighted by Crippen LogP contribution is 2.43. The molecule has 0 bridgehead atoms. The maximum atomic E-state index is 12.5. The van der Waals surface area contributed by atoms with Gasteiger partial charge in [0.2, 0.25) is 0 Å². The van der Waals surface area contributed by atoms with Gasteiger partial charge in [0.25, 0.3) is 0 Å². The Morgan fingerprint density at radius 3 is 1.68 bits per heavy atom. The van der Waals surface area contributed by atoms with Gasteiger partial charge in [0.1, 0.15) is 12.6 Å². The second-order valence-electron chi connectivity index (χ2n) is 12.7. The number of rotatable bonds is 35. The topological polar surface area (TPSA) is 172 Å². The van der Waals surface area contributed by atoms with E-state index in [0.717, 1.165) is 64.2 Å². The number of phosphoric acid groups is 1. The van der Waals surface area contributed by atoms with Crippen LogP contribution in [0.15, 0.2) is 36.5 Å². The molecule has 0 heterocycles. The third-order valence-electron chi connectivity index (χ3n) is 7.86. The molecular formula is C38H68NO10P. The van der Waals surface area contributed by atoms with Crippen LogP contribution in [0.3, 0.4) is 0 Å². The average molecular weight is 730 g/mol. The lowest BCUT2D eigenvalue weighted by Crippen LogP contribution is -2.34. The van der Waals surface area contributed by atoms with Gasteiger partial charge in [0, 0.05) is 12.8 Å². The number of esters is 2. The van der Waals surface area contributed by atoms with Gasteiger partial charge < -0.3 is 25.2 Å². The van der Waals surface area contributed by atoms with E-state index in [1.165, 1.54) is 51.4 Å². The molecule has 0 radical (unpaired) electrons. The first-order chi connectivity index (χ1) is 24.1. The van der Waals surface area contributed by atoms with E-state index >= 15 is 0 Å². The predicted octanol–water partition coefficient (Wildman–Crippen LogP) is 9.28. The van der Waals surface area contributed by atoms with Crippen molar-refractivity contribution >= 4 is 25.7 Å². The van der Waals surface area contributed by atoms with Gasteiger partial charge >= 0.3 is 25.7 Å². The molecule has 290 valence electrons. The fraction of sp³-hybridized carbons (Fsp3) is 0.763. The molecule has 11 nitrogen and oxygen atoms in total. The molecule has 0 rings (SSSR count). The van der Waals surface area contributed by atoms with Crippen LogP contribution in [0.1, 0.15) is 155 Å². The number of hydrogen-bond acceptors (Lipinski definition) is 9. The van der Waals surface area contributed by atoms with Crippen molar-refractivity contribution < 1.29 is 47.5 Å². The Labute approximate surface area is 302 Å². The number of ether oxygens (including phenoxy) is 2. The standard InChI is InChI=1S/C38H68NO10P/c1-3-5-7-9-11-13-15-16-17-18-20-22-24-26-28-30-37(41)49-34(32-47-50(44,45)48-33-35(39)38(42)43)31-46-36(40)29-27-25-23-21-19-14-12-10-8-6-4-2/h10,12,16-17,20,22,34-35H,3-9,11,13-15,18-19,21,23-33,39H2,1-2H3,(H,42,43)(H,44,45)/b12-10+,17-16+,22-20+/t34-,35+/m1/s1. The molecule has 0 spiro atoms. The molecular weight excluding hydrogens is 661 g/mol. The van der Waals surface area contributed by atoms with E-state index in [0.29, 0.717) is 12.8 Å². The molecule has 0 aliphatic carbocycles. The smallest absolute Gasteiger partial charge is 0.472 e. The fourth-order valence-corrected chi connectivity index (χ4v) is 5.56. The highest BCUT2D eigenvalue weighted by molar-refractivity contribution is 7.47. The highest BCUT2D eigenvalue weighted by Gasteiger charge is 2.28. The van der Waals surface area contributed by atoms with Crippen LogP contribution in [0.5, 0.6) is 0 Å². The number of aliphatic carboxylic acids is 1. The first kappa shape index (κ1) is 47.7. The van der Waals surface area contributed by atoms with Gasteiger partial charge in [0.15, 0.2) is 6.10 Å². The summed E-state index contributed by atoms with van der Waals surface area (Å²) in [6, 6.07) is -1.53. The Bertz CT molecular complexity index is 1000. The molecule has 4 N–H and O–H groups in total. The van der Waals surface area contributed by atoms with Crippen LogP contribution in [-0.2, 0) is 37.5 Å². The lowest BCUT2D eigenvalue weighted by atomic mass is 10.1. The zero-order valence-electron chi connectivity index (χ0n) is 31.0. The van der Waals surface area contributed by atoms with Gasteiger partial charge in [-0.2, -0.15) is 0 Å². The average Bonchev–Trinajstić information content (AvgIpc) is 3.09. The molecule has 0 aliphatic rings. The molecule has 12 heteroatoms. The van der Waals surface area contributed by atoms with Gasteiger partial charge in [-0.15, -0.1) is 0 Å². The second kappa shape index (κ2) is 33.8. The number of carbonyl (C=O) groups excluding carboxylic acids is 2. The van der Waals surface area contributed by atoms with Crippen LogP contribution >= 0.6 is 7.82 Å². The summed E-state index contributed by atoms with van der Waals surface area (Å²) in [5.74, 6) is -2.44. The van der Waals surface area contributed by atoms with Crippen LogP contribution in [-0.4, -0.2) is 59.9 Å². The van der Waals surface area contributed by atoms with Crippen molar-refractivity contribution in [3.05, 3.63) is 36.5 Å². The number of phosphoric ester groups is 1. The van der Waals surface area contributed by atoms with Crippen LogP contribution < -0.4 is 5.73 Å². The van der Waals surface area contributed by atoms with Crippen molar-refractivity contribution in [1.29, 1.82) is 0 Å². The first-order valence-corrected chi connectivity index (χ1v) is 20.5. The monoisotopic (exact) mass is 729 g/mol. The SMILES string of the molecule is CCCC/C=C/CCCCCCCC(=O)OC[C@H](COP(=O)(O)OC[C@H](N)C(=O)O)OC(=O)CCCC/C=C/C/C=C/CCCCCCCC. The Balaban J connectivity index is 4.52. The zero-order valence-corrected chi connectivity index (χ0v) is 31.9. The summed E-state index contributed by atoms with van der Waals surface area (Å²) in [4.78, 5) is 45.7. The first-order valence-electron chi connectivity index (χ1n) is 19.0. The van der Waals surface area contributed by atoms with E-state index in [4.69, 9.17) is 24.8 Å². The molecule has 0 aliphatic heterocycles. The largest absolute Gasteiger partial charge is 0.480 e. The molecule has 0 fully saturated rings. The van der Waals surface area contributed by atoms with Crippen LogP contribution in [0.4, 0.5) is 0 Å². The van der Waals surface area contributed by atoms with E-state index in [1.807, 2.05) is 0 Å². The van der Waals surface area contributed by atoms with E-state index < -0.39 is 51.1 Å². The number of carboxylic acids is 1. The summed E-state index contributed by atoms with van der Waals surface area (Å²) in [6.45, 7) is 2.69. The van der Waals surface area contributed by atoms with Crippen LogP contribution in [0.2, 0.25) is 0 Å². The van der Waals surface area contributed by atoms with Gasteiger partial charge in [-0.25, -0.2) is 4.57 Å². The lowest BCUT2D eigenvalue weighted by molar-refractivity contribution is -0.161. The van der Waals surface area contributed by atoms with E-state index in [9.17, 15) is 23.8 Å². The zero-order chi connectivity index (χ0) is 37.1. The van der Waals surface area contributed by atoms with Crippen molar-refractivity contribution in [3.8, 4) is 0 Å². The van der Waals surface area contributed by atoms with Gasteiger partial charge in [-0.3, -0.25) is 23.4 Å². The van der Waals surface area contributed by atoms with E-state index in [1.54, 1.807) is 0 Å². The Morgan fingerprint density at radius 2 is 1.08 bits per heavy atom. The summed E-state index contributed by atoms with van der Waals surface area (Å²) in [5.41, 5.74) is 5.31. The summed E-state index contributed by atoms with van der Waals surface area (Å²) in [7, 11) is -4.72.